The molecular formula is C15H17ClN4O4S. The Bertz CT molecular complexity index is 887. The van der Waals surface area contributed by atoms with Crippen LogP contribution in [0.25, 0.3) is 0 Å². The molecule has 0 aliphatic heterocycles. The average Bonchev–Trinajstić information content (AvgIpc) is 2.50. The molecule has 0 bridgehead atoms. The van der Waals surface area contributed by atoms with Crippen molar-refractivity contribution >= 4 is 39.0 Å². The molecule has 4 N–H and O–H groups in total. The van der Waals surface area contributed by atoms with E-state index in [1.165, 1.54) is 30.5 Å². The summed E-state index contributed by atoms with van der Waals surface area (Å²) in [5.41, 5.74) is 0.652. The van der Waals surface area contributed by atoms with E-state index in [0.29, 0.717) is 5.69 Å². The Balaban J connectivity index is 2.30. The number of sulfonamides is 1. The maximum Gasteiger partial charge on any atom is 0.328 e. The van der Waals surface area contributed by atoms with Gasteiger partial charge in [-0.15, -0.1) is 0 Å². The third kappa shape index (κ3) is 4.97. The van der Waals surface area contributed by atoms with Crippen LogP contribution < -0.4 is 15.4 Å². The highest BCUT2D eigenvalue weighted by molar-refractivity contribution is 7.90. The standard InChI is InChI=1S/C15H17ClN4O4S/c1-9(2)18-15(22)20-25(23,24)14-8-17-6-5-12(14)19-10-3-4-13(21)11(16)7-10/h3-9,21H,1-2H3,(H,17,19)(H2,18,20,22). The van der Waals surface area contributed by atoms with Gasteiger partial charge in [-0.05, 0) is 38.1 Å². The van der Waals surface area contributed by atoms with Crippen LogP contribution in [0.1, 0.15) is 13.8 Å². The van der Waals surface area contributed by atoms with Gasteiger partial charge in [0.2, 0.25) is 0 Å². The fraction of sp³-hybridized carbons (Fsp3) is 0.200. The number of aromatic hydroxyl groups is 1. The largest absolute Gasteiger partial charge is 0.506 e. The lowest BCUT2D eigenvalue weighted by atomic mass is 10.3. The summed E-state index contributed by atoms with van der Waals surface area (Å²) in [4.78, 5) is 15.3. The minimum Gasteiger partial charge on any atom is -0.506 e. The van der Waals surface area contributed by atoms with E-state index in [0.717, 1.165) is 6.20 Å². The molecule has 1 aromatic heterocycles. The Morgan fingerprint density at radius 1 is 1.28 bits per heavy atom. The van der Waals surface area contributed by atoms with Crippen LogP contribution in [0.2, 0.25) is 5.02 Å². The monoisotopic (exact) mass is 384 g/mol. The lowest BCUT2D eigenvalue weighted by molar-refractivity contribution is 0.243. The number of phenolic OH excluding ortho intramolecular Hbond substituents is 1. The first-order valence-electron chi connectivity index (χ1n) is 7.22. The number of urea groups is 1. The zero-order chi connectivity index (χ0) is 18.6. The number of amides is 2. The zero-order valence-electron chi connectivity index (χ0n) is 13.4. The molecule has 10 heteroatoms. The third-order valence-electron chi connectivity index (χ3n) is 2.95. The maximum atomic E-state index is 12.4. The van der Waals surface area contributed by atoms with Gasteiger partial charge in [0.15, 0.2) is 0 Å². The molecule has 1 heterocycles. The summed E-state index contributed by atoms with van der Waals surface area (Å²) in [6.45, 7) is 3.41. The van der Waals surface area contributed by atoms with E-state index in [9.17, 15) is 18.3 Å². The van der Waals surface area contributed by atoms with Crippen LogP contribution in [-0.4, -0.2) is 30.6 Å². The van der Waals surface area contributed by atoms with Crippen molar-refractivity contribution in [2.75, 3.05) is 5.32 Å². The lowest BCUT2D eigenvalue weighted by Gasteiger charge is -2.14. The number of rotatable bonds is 5. The molecule has 0 radical (unpaired) electrons. The van der Waals surface area contributed by atoms with Crippen molar-refractivity contribution in [3.05, 3.63) is 41.7 Å². The lowest BCUT2D eigenvalue weighted by Crippen LogP contribution is -2.42. The molecule has 2 rings (SSSR count). The number of carbonyl (C=O) groups is 1. The van der Waals surface area contributed by atoms with E-state index < -0.39 is 16.1 Å². The summed E-state index contributed by atoms with van der Waals surface area (Å²) >= 11 is 5.84. The normalized spacial score (nSPS) is 11.2. The van der Waals surface area contributed by atoms with Gasteiger partial charge in [-0.25, -0.2) is 17.9 Å². The second-order valence-corrected chi connectivity index (χ2v) is 7.45. The predicted molar refractivity (Wildman–Crippen MR) is 94.6 cm³/mol. The Hall–Kier alpha value is -2.52. The van der Waals surface area contributed by atoms with Crippen molar-refractivity contribution in [2.45, 2.75) is 24.8 Å². The topological polar surface area (TPSA) is 120 Å². The van der Waals surface area contributed by atoms with E-state index >= 15 is 0 Å². The van der Waals surface area contributed by atoms with Gasteiger partial charge < -0.3 is 15.7 Å². The van der Waals surface area contributed by atoms with E-state index in [2.05, 4.69) is 15.6 Å². The zero-order valence-corrected chi connectivity index (χ0v) is 15.0. The van der Waals surface area contributed by atoms with Gasteiger partial charge in [-0.2, -0.15) is 0 Å². The van der Waals surface area contributed by atoms with Gasteiger partial charge in [-0.1, -0.05) is 11.6 Å². The quantitative estimate of drug-likeness (QED) is 0.588. The molecule has 2 aromatic rings. The molecule has 0 fully saturated rings. The number of hydrogen-bond donors (Lipinski definition) is 4. The highest BCUT2D eigenvalue weighted by Gasteiger charge is 2.22. The number of nitrogens with zero attached hydrogens (tertiary/aromatic N) is 1. The van der Waals surface area contributed by atoms with Gasteiger partial charge in [0.25, 0.3) is 10.0 Å². The summed E-state index contributed by atoms with van der Waals surface area (Å²) in [7, 11) is -4.14. The Morgan fingerprint density at radius 2 is 2.00 bits per heavy atom. The molecule has 2 amide bonds. The van der Waals surface area contributed by atoms with Gasteiger partial charge in [0.05, 0.1) is 10.7 Å². The number of halogens is 1. The Morgan fingerprint density at radius 3 is 2.64 bits per heavy atom. The Kier molecular flexibility index (Phi) is 5.70. The molecule has 0 spiro atoms. The molecule has 0 unspecified atom stereocenters. The molecule has 8 nitrogen and oxygen atoms in total. The van der Waals surface area contributed by atoms with Crippen LogP contribution >= 0.6 is 11.6 Å². The van der Waals surface area contributed by atoms with Crippen LogP contribution in [0.3, 0.4) is 0 Å². The highest BCUT2D eigenvalue weighted by Crippen LogP contribution is 2.29. The third-order valence-corrected chi connectivity index (χ3v) is 4.61. The fourth-order valence-corrected chi connectivity index (χ4v) is 3.11. The van der Waals surface area contributed by atoms with Crippen LogP contribution in [-0.2, 0) is 10.0 Å². The van der Waals surface area contributed by atoms with Gasteiger partial charge in [0.1, 0.15) is 10.6 Å². The van der Waals surface area contributed by atoms with Crippen LogP contribution in [0.15, 0.2) is 41.6 Å². The number of nitrogens with one attached hydrogen (secondary N) is 3. The van der Waals surface area contributed by atoms with E-state index in [1.54, 1.807) is 13.8 Å². The minimum absolute atomic E-state index is 0.0955. The first-order chi connectivity index (χ1) is 11.7. The van der Waals surface area contributed by atoms with Crippen molar-refractivity contribution in [1.29, 1.82) is 0 Å². The molecular weight excluding hydrogens is 368 g/mol. The fourth-order valence-electron chi connectivity index (χ4n) is 1.91. The SMILES string of the molecule is CC(C)NC(=O)NS(=O)(=O)c1cnccc1Nc1ccc(O)c(Cl)c1. The summed E-state index contributed by atoms with van der Waals surface area (Å²) in [5.74, 6) is -0.0955. The molecule has 25 heavy (non-hydrogen) atoms. The molecule has 0 aliphatic carbocycles. The van der Waals surface area contributed by atoms with Gasteiger partial charge in [0, 0.05) is 24.1 Å². The number of hydrogen-bond acceptors (Lipinski definition) is 6. The van der Waals surface area contributed by atoms with Crippen molar-refractivity contribution in [3.8, 4) is 5.75 Å². The Labute approximate surface area is 150 Å². The van der Waals surface area contributed by atoms with Gasteiger partial charge >= 0.3 is 6.03 Å². The first kappa shape index (κ1) is 18.8. The molecule has 134 valence electrons. The van der Waals surface area contributed by atoms with Crippen molar-refractivity contribution < 1.29 is 18.3 Å². The number of pyridine rings is 1. The van der Waals surface area contributed by atoms with Crippen LogP contribution in [0.4, 0.5) is 16.2 Å². The van der Waals surface area contributed by atoms with E-state index in [4.69, 9.17) is 11.6 Å². The van der Waals surface area contributed by atoms with Gasteiger partial charge in [-0.3, -0.25) is 4.98 Å². The average molecular weight is 385 g/mol. The number of benzene rings is 1. The first-order valence-corrected chi connectivity index (χ1v) is 9.08. The smallest absolute Gasteiger partial charge is 0.328 e. The van der Waals surface area contributed by atoms with Crippen molar-refractivity contribution in [1.82, 2.24) is 15.0 Å². The maximum absolute atomic E-state index is 12.4. The summed E-state index contributed by atoms with van der Waals surface area (Å²) in [6, 6.07) is 4.71. The highest BCUT2D eigenvalue weighted by atomic mass is 35.5. The molecule has 1 aromatic carbocycles. The summed E-state index contributed by atoms with van der Waals surface area (Å²) in [6.07, 6.45) is 2.52. The van der Waals surface area contributed by atoms with Crippen LogP contribution in [0, 0.1) is 0 Å². The summed E-state index contributed by atoms with van der Waals surface area (Å²) in [5, 5.41) is 14.9. The van der Waals surface area contributed by atoms with Crippen LogP contribution in [0.5, 0.6) is 5.75 Å². The van der Waals surface area contributed by atoms with E-state index in [-0.39, 0.29) is 27.4 Å². The molecule has 0 saturated heterocycles. The predicted octanol–water partition coefficient (Wildman–Crippen LogP) is 2.58. The number of phenols is 1. The number of anilines is 2. The van der Waals surface area contributed by atoms with Crippen molar-refractivity contribution in [3.63, 3.8) is 0 Å². The number of aromatic nitrogens is 1. The molecule has 0 aliphatic rings. The summed E-state index contributed by atoms with van der Waals surface area (Å²) < 4.78 is 26.8. The molecule has 0 saturated carbocycles. The minimum atomic E-state index is -4.14. The molecule has 0 atom stereocenters. The second kappa shape index (κ2) is 7.58. The van der Waals surface area contributed by atoms with E-state index in [1.807, 2.05) is 4.72 Å². The second-order valence-electron chi connectivity index (χ2n) is 5.40. The number of carbonyl (C=O) groups excluding carboxylic acids is 1. The van der Waals surface area contributed by atoms with Crippen molar-refractivity contribution in [2.24, 2.45) is 0 Å².